The lowest BCUT2D eigenvalue weighted by atomic mass is 10.1. The van der Waals surface area contributed by atoms with Gasteiger partial charge in [-0.05, 0) is 46.6 Å². The zero-order valence-corrected chi connectivity index (χ0v) is 16.4. The highest BCUT2D eigenvalue weighted by Crippen LogP contribution is 2.33. The van der Waals surface area contributed by atoms with E-state index in [0.717, 1.165) is 20.5 Å². The Bertz CT molecular complexity index is 909. The first-order valence-electron chi connectivity index (χ1n) is 7.43. The molecule has 2 N–H and O–H groups in total. The molecule has 0 bridgehead atoms. The number of aromatic hydroxyl groups is 1. The number of hydrogen-bond acceptors (Lipinski definition) is 3. The highest BCUT2D eigenvalue weighted by Gasteiger charge is 2.33. The van der Waals surface area contributed by atoms with E-state index in [1.807, 2.05) is 31.2 Å². The fourth-order valence-electron chi connectivity index (χ4n) is 2.56. The van der Waals surface area contributed by atoms with Crippen molar-refractivity contribution in [1.82, 2.24) is 10.2 Å². The summed E-state index contributed by atoms with van der Waals surface area (Å²) in [5.74, 6) is -0.433. The van der Waals surface area contributed by atoms with Gasteiger partial charge in [-0.2, -0.15) is 0 Å². The van der Waals surface area contributed by atoms with Gasteiger partial charge in [-0.15, -0.1) is 0 Å². The molecule has 1 fully saturated rings. The number of nitrogens with zero attached hydrogens (tertiary/aromatic N) is 1. The lowest BCUT2D eigenvalue weighted by molar-refractivity contribution is -0.123. The number of rotatable bonds is 3. The number of carbonyl (C=O) groups is 2. The SMILES string of the molecule is Cc1cccc(CN2C(=O)N/C(=C/c3cc(Br)cc(Br)c3O)C2=O)c1. The summed E-state index contributed by atoms with van der Waals surface area (Å²) < 4.78 is 1.22. The molecule has 1 aliphatic heterocycles. The molecule has 3 amide bonds. The highest BCUT2D eigenvalue weighted by molar-refractivity contribution is 9.11. The van der Waals surface area contributed by atoms with Crippen LogP contribution in [0.1, 0.15) is 16.7 Å². The first-order valence-corrected chi connectivity index (χ1v) is 9.02. The Hall–Kier alpha value is -2.12. The Morgan fingerprint density at radius 1 is 1.20 bits per heavy atom. The average Bonchev–Trinajstić information content (AvgIpc) is 2.80. The number of phenolic OH excluding ortho intramolecular Hbond substituents is 1. The predicted octanol–water partition coefficient (Wildman–Crippen LogP) is 4.32. The summed E-state index contributed by atoms with van der Waals surface area (Å²) in [5.41, 5.74) is 2.47. The second-order valence-electron chi connectivity index (χ2n) is 5.69. The summed E-state index contributed by atoms with van der Waals surface area (Å²) in [6.45, 7) is 2.15. The molecule has 5 nitrogen and oxygen atoms in total. The van der Waals surface area contributed by atoms with E-state index in [-0.39, 0.29) is 18.0 Å². The maximum atomic E-state index is 12.6. The number of aryl methyl sites for hydroxylation is 1. The molecule has 1 saturated heterocycles. The van der Waals surface area contributed by atoms with E-state index in [1.54, 1.807) is 12.1 Å². The molecule has 2 aromatic carbocycles. The van der Waals surface area contributed by atoms with Gasteiger partial charge in [0.1, 0.15) is 11.4 Å². The van der Waals surface area contributed by atoms with Gasteiger partial charge < -0.3 is 10.4 Å². The van der Waals surface area contributed by atoms with Crippen LogP contribution in [-0.2, 0) is 11.3 Å². The van der Waals surface area contributed by atoms with Crippen LogP contribution in [0.2, 0.25) is 0 Å². The maximum Gasteiger partial charge on any atom is 0.329 e. The van der Waals surface area contributed by atoms with Crippen molar-refractivity contribution in [3.05, 3.63) is 67.7 Å². The number of nitrogens with one attached hydrogen (secondary N) is 1. The van der Waals surface area contributed by atoms with Crippen LogP contribution in [0.25, 0.3) is 6.08 Å². The molecule has 0 radical (unpaired) electrons. The Kier molecular flexibility index (Phi) is 4.96. The van der Waals surface area contributed by atoms with Gasteiger partial charge in [0.2, 0.25) is 0 Å². The van der Waals surface area contributed by atoms with Gasteiger partial charge in [0.15, 0.2) is 0 Å². The Balaban J connectivity index is 1.89. The van der Waals surface area contributed by atoms with E-state index in [1.165, 1.54) is 6.08 Å². The Morgan fingerprint density at radius 2 is 1.96 bits per heavy atom. The lowest BCUT2D eigenvalue weighted by Gasteiger charge is -2.12. The minimum atomic E-state index is -0.480. The van der Waals surface area contributed by atoms with Crippen LogP contribution in [-0.4, -0.2) is 21.9 Å². The van der Waals surface area contributed by atoms with Gasteiger partial charge in [0, 0.05) is 10.0 Å². The quantitative estimate of drug-likeness (QED) is 0.523. The second kappa shape index (κ2) is 7.01. The van der Waals surface area contributed by atoms with Crippen molar-refractivity contribution in [2.45, 2.75) is 13.5 Å². The van der Waals surface area contributed by atoms with Gasteiger partial charge in [-0.3, -0.25) is 9.69 Å². The lowest BCUT2D eigenvalue weighted by Crippen LogP contribution is -2.30. The molecule has 0 atom stereocenters. The van der Waals surface area contributed by atoms with E-state index >= 15 is 0 Å². The van der Waals surface area contributed by atoms with Crippen LogP contribution in [0.5, 0.6) is 5.75 Å². The summed E-state index contributed by atoms with van der Waals surface area (Å²) in [7, 11) is 0. The van der Waals surface area contributed by atoms with Crippen molar-refractivity contribution in [1.29, 1.82) is 0 Å². The van der Waals surface area contributed by atoms with Crippen LogP contribution in [0.3, 0.4) is 0 Å². The molecule has 0 aliphatic carbocycles. The zero-order chi connectivity index (χ0) is 18.1. The molecule has 0 saturated carbocycles. The molecule has 0 spiro atoms. The Morgan fingerprint density at radius 3 is 2.68 bits per heavy atom. The molecular formula is C18H14Br2N2O3. The summed E-state index contributed by atoms with van der Waals surface area (Å²) in [6, 6.07) is 10.5. The third-order valence-electron chi connectivity index (χ3n) is 3.74. The molecule has 3 rings (SSSR count). The molecule has 0 aromatic heterocycles. The van der Waals surface area contributed by atoms with Crippen molar-refractivity contribution in [3.63, 3.8) is 0 Å². The third kappa shape index (κ3) is 3.77. The number of carbonyl (C=O) groups excluding carboxylic acids is 2. The van der Waals surface area contributed by atoms with Crippen LogP contribution in [0, 0.1) is 6.92 Å². The van der Waals surface area contributed by atoms with Gasteiger partial charge >= 0.3 is 6.03 Å². The Labute approximate surface area is 161 Å². The summed E-state index contributed by atoms with van der Waals surface area (Å²) >= 11 is 6.58. The summed E-state index contributed by atoms with van der Waals surface area (Å²) in [4.78, 5) is 25.9. The van der Waals surface area contributed by atoms with E-state index in [2.05, 4.69) is 37.2 Å². The smallest absolute Gasteiger partial charge is 0.329 e. The number of urea groups is 1. The first-order chi connectivity index (χ1) is 11.8. The van der Waals surface area contributed by atoms with E-state index in [9.17, 15) is 14.7 Å². The number of hydrogen-bond donors (Lipinski definition) is 2. The van der Waals surface area contributed by atoms with Crippen LogP contribution in [0.15, 0.2) is 51.0 Å². The molecule has 1 aliphatic rings. The molecule has 25 heavy (non-hydrogen) atoms. The topological polar surface area (TPSA) is 69.6 Å². The van der Waals surface area contributed by atoms with Crippen LogP contribution >= 0.6 is 31.9 Å². The fourth-order valence-corrected chi connectivity index (χ4v) is 3.82. The number of benzene rings is 2. The van der Waals surface area contributed by atoms with Crippen molar-refractivity contribution in [2.24, 2.45) is 0 Å². The fraction of sp³-hybridized carbons (Fsp3) is 0.111. The molecule has 0 unspecified atom stereocenters. The van der Waals surface area contributed by atoms with Gasteiger partial charge in [-0.1, -0.05) is 45.8 Å². The standard InChI is InChI=1S/C18H14Br2N2O3/c1-10-3-2-4-11(5-10)9-22-17(24)15(21-18(22)25)7-12-6-13(19)8-14(20)16(12)23/h2-8,23H,9H2,1H3,(H,21,25)/b15-7+. The van der Waals surface area contributed by atoms with Crippen LogP contribution < -0.4 is 5.32 Å². The van der Waals surface area contributed by atoms with E-state index in [0.29, 0.717) is 10.0 Å². The van der Waals surface area contributed by atoms with Crippen LogP contribution in [0.4, 0.5) is 4.79 Å². The average molecular weight is 466 g/mol. The normalized spacial score (nSPS) is 15.8. The molecule has 128 valence electrons. The molecular weight excluding hydrogens is 452 g/mol. The minimum absolute atomic E-state index is 0.00474. The zero-order valence-electron chi connectivity index (χ0n) is 13.2. The van der Waals surface area contributed by atoms with E-state index in [4.69, 9.17) is 0 Å². The summed E-state index contributed by atoms with van der Waals surface area (Å²) in [5, 5.41) is 12.7. The summed E-state index contributed by atoms with van der Waals surface area (Å²) in [6.07, 6.45) is 1.46. The van der Waals surface area contributed by atoms with Gasteiger partial charge in [0.25, 0.3) is 5.91 Å². The van der Waals surface area contributed by atoms with E-state index < -0.39 is 11.9 Å². The molecule has 7 heteroatoms. The van der Waals surface area contributed by atoms with Crippen molar-refractivity contribution < 1.29 is 14.7 Å². The maximum absolute atomic E-state index is 12.6. The number of amides is 3. The van der Waals surface area contributed by atoms with Crippen molar-refractivity contribution in [2.75, 3.05) is 0 Å². The van der Waals surface area contributed by atoms with Gasteiger partial charge in [-0.25, -0.2) is 4.79 Å². The first kappa shape index (κ1) is 17.7. The molecule has 1 heterocycles. The molecule has 2 aromatic rings. The second-order valence-corrected chi connectivity index (χ2v) is 7.46. The largest absolute Gasteiger partial charge is 0.506 e. The highest BCUT2D eigenvalue weighted by atomic mass is 79.9. The monoisotopic (exact) mass is 464 g/mol. The third-order valence-corrected chi connectivity index (χ3v) is 4.81. The van der Waals surface area contributed by atoms with Gasteiger partial charge in [0.05, 0.1) is 11.0 Å². The van der Waals surface area contributed by atoms with Crippen molar-refractivity contribution >= 4 is 49.9 Å². The minimum Gasteiger partial charge on any atom is -0.506 e. The number of imide groups is 1. The van der Waals surface area contributed by atoms with Crippen molar-refractivity contribution in [3.8, 4) is 5.75 Å². The predicted molar refractivity (Wildman–Crippen MR) is 102 cm³/mol. The number of halogens is 2. The number of phenols is 1.